The molecule has 8 nitrogen and oxygen atoms in total. The molecule has 0 bridgehead atoms. The van der Waals surface area contributed by atoms with Crippen LogP contribution in [0.4, 0.5) is 8.78 Å². The molecular formula is C19H19F2NO7. The first-order chi connectivity index (χ1) is 13.6. The minimum Gasteiger partial charge on any atom is -0.507 e. The van der Waals surface area contributed by atoms with Gasteiger partial charge in [-0.2, -0.15) is 8.78 Å². The van der Waals surface area contributed by atoms with E-state index < -0.39 is 48.7 Å². The van der Waals surface area contributed by atoms with Crippen molar-refractivity contribution in [3.8, 4) is 11.5 Å². The Morgan fingerprint density at radius 1 is 1.24 bits per heavy atom. The van der Waals surface area contributed by atoms with E-state index in [9.17, 15) is 28.3 Å². The van der Waals surface area contributed by atoms with Crippen molar-refractivity contribution in [2.75, 3.05) is 7.11 Å². The first-order valence-electron chi connectivity index (χ1n) is 8.40. The van der Waals surface area contributed by atoms with Gasteiger partial charge in [-0.1, -0.05) is 12.1 Å². The van der Waals surface area contributed by atoms with Crippen LogP contribution in [0.5, 0.6) is 11.5 Å². The number of ether oxygens (including phenoxy) is 2. The quantitative estimate of drug-likeness (QED) is 0.640. The van der Waals surface area contributed by atoms with E-state index in [1.54, 1.807) is 0 Å². The number of hydrogen-bond acceptors (Lipinski definition) is 6. The summed E-state index contributed by atoms with van der Waals surface area (Å²) in [6.45, 7) is -2.29. The zero-order valence-corrected chi connectivity index (χ0v) is 15.6. The Bertz CT molecular complexity index is 972. The number of aliphatic carboxylic acids is 1. The molecule has 0 fully saturated rings. The van der Waals surface area contributed by atoms with Crippen LogP contribution in [0.3, 0.4) is 0 Å². The Labute approximate surface area is 163 Å². The Morgan fingerprint density at radius 2 is 1.93 bits per heavy atom. The van der Waals surface area contributed by atoms with Crippen LogP contribution in [0, 0.1) is 6.92 Å². The molecule has 29 heavy (non-hydrogen) atoms. The molecule has 156 valence electrons. The van der Waals surface area contributed by atoms with Gasteiger partial charge in [0.25, 0.3) is 5.56 Å². The predicted molar refractivity (Wildman–Crippen MR) is 96.3 cm³/mol. The number of carboxylic acids is 1. The first kappa shape index (κ1) is 21.9. The molecule has 0 aliphatic heterocycles. The molecule has 2 rings (SSSR count). The van der Waals surface area contributed by atoms with Crippen molar-refractivity contribution < 1.29 is 38.1 Å². The highest BCUT2D eigenvalue weighted by molar-refractivity contribution is 5.72. The van der Waals surface area contributed by atoms with E-state index in [1.807, 2.05) is 0 Å². The fourth-order valence-electron chi connectivity index (χ4n) is 2.97. The van der Waals surface area contributed by atoms with Crippen LogP contribution in [0.1, 0.15) is 29.2 Å². The highest BCUT2D eigenvalue weighted by Crippen LogP contribution is 2.34. The standard InChI is InChI=1S/C19H19F2NO7/c1-10-6-14(23)17(18(27)22(10)9-15(24)25)13(8-16(26)28-2)11-4-3-5-12(7-11)29-19(20)21/h3-7,13,19,23H,8-9H2,1-2H3,(H,24,25)/t13-/m1/s1. The molecule has 2 aromatic rings. The topological polar surface area (TPSA) is 115 Å². The second-order valence-corrected chi connectivity index (χ2v) is 6.15. The smallest absolute Gasteiger partial charge is 0.387 e. The Balaban J connectivity index is 2.67. The zero-order valence-electron chi connectivity index (χ0n) is 15.6. The molecule has 1 heterocycles. The van der Waals surface area contributed by atoms with Crippen molar-refractivity contribution in [2.24, 2.45) is 0 Å². The number of rotatable bonds is 8. The van der Waals surface area contributed by atoms with Crippen LogP contribution < -0.4 is 10.3 Å². The molecule has 0 amide bonds. The fourth-order valence-corrected chi connectivity index (χ4v) is 2.97. The second-order valence-electron chi connectivity index (χ2n) is 6.15. The van der Waals surface area contributed by atoms with Gasteiger partial charge < -0.3 is 24.3 Å². The lowest BCUT2D eigenvalue weighted by Gasteiger charge is -2.20. The number of alkyl halides is 2. The minimum absolute atomic E-state index is 0.199. The molecule has 0 radical (unpaired) electrons. The molecule has 0 spiro atoms. The summed E-state index contributed by atoms with van der Waals surface area (Å²) in [6.07, 6.45) is -0.395. The van der Waals surface area contributed by atoms with Crippen molar-refractivity contribution in [3.63, 3.8) is 0 Å². The second kappa shape index (κ2) is 9.18. The van der Waals surface area contributed by atoms with Crippen molar-refractivity contribution in [1.82, 2.24) is 4.57 Å². The lowest BCUT2D eigenvalue weighted by molar-refractivity contribution is -0.141. The molecule has 0 aliphatic rings. The summed E-state index contributed by atoms with van der Waals surface area (Å²) in [5.41, 5.74) is -0.646. The number of aromatic hydroxyl groups is 1. The Morgan fingerprint density at radius 3 is 2.52 bits per heavy atom. The van der Waals surface area contributed by atoms with Gasteiger partial charge >= 0.3 is 18.6 Å². The minimum atomic E-state index is -3.08. The summed E-state index contributed by atoms with van der Waals surface area (Å²) in [6, 6.07) is 6.52. The summed E-state index contributed by atoms with van der Waals surface area (Å²) >= 11 is 0. The van der Waals surface area contributed by atoms with Gasteiger partial charge in [-0.15, -0.1) is 0 Å². The van der Waals surface area contributed by atoms with Crippen molar-refractivity contribution in [2.45, 2.75) is 32.4 Å². The van der Waals surface area contributed by atoms with Crippen LogP contribution in [0.25, 0.3) is 0 Å². The maximum Gasteiger partial charge on any atom is 0.387 e. The Hall–Kier alpha value is -3.43. The van der Waals surface area contributed by atoms with Crippen molar-refractivity contribution >= 4 is 11.9 Å². The van der Waals surface area contributed by atoms with Crippen LogP contribution in [-0.4, -0.2) is 40.4 Å². The third-order valence-corrected chi connectivity index (χ3v) is 4.25. The number of benzene rings is 1. The SMILES string of the molecule is COC(=O)C[C@H](c1cccc(OC(F)F)c1)c1c(O)cc(C)n(CC(=O)O)c1=O. The van der Waals surface area contributed by atoms with E-state index in [1.165, 1.54) is 37.3 Å². The van der Waals surface area contributed by atoms with E-state index in [0.717, 1.165) is 11.7 Å². The number of hydrogen-bond donors (Lipinski definition) is 2. The van der Waals surface area contributed by atoms with Crippen LogP contribution in [0.15, 0.2) is 35.1 Å². The molecule has 0 saturated heterocycles. The number of aromatic nitrogens is 1. The molecule has 1 aromatic carbocycles. The number of esters is 1. The zero-order chi connectivity index (χ0) is 21.7. The average Bonchev–Trinajstić information content (AvgIpc) is 2.63. The normalized spacial score (nSPS) is 11.9. The number of nitrogens with zero attached hydrogens (tertiary/aromatic N) is 1. The molecule has 1 atom stereocenters. The number of carbonyl (C=O) groups excluding carboxylic acids is 1. The van der Waals surface area contributed by atoms with Gasteiger partial charge in [-0.05, 0) is 30.7 Å². The molecule has 2 N–H and O–H groups in total. The monoisotopic (exact) mass is 411 g/mol. The fraction of sp³-hybridized carbons (Fsp3) is 0.316. The number of halogens is 2. The summed E-state index contributed by atoms with van der Waals surface area (Å²) in [7, 11) is 1.13. The van der Waals surface area contributed by atoms with Gasteiger partial charge in [0.05, 0.1) is 19.1 Å². The third-order valence-electron chi connectivity index (χ3n) is 4.25. The largest absolute Gasteiger partial charge is 0.507 e. The van der Waals surface area contributed by atoms with Crippen LogP contribution in [0.2, 0.25) is 0 Å². The first-order valence-corrected chi connectivity index (χ1v) is 8.40. The molecule has 0 unspecified atom stereocenters. The highest BCUT2D eigenvalue weighted by Gasteiger charge is 2.27. The molecular weight excluding hydrogens is 392 g/mol. The maximum absolute atomic E-state index is 12.9. The van der Waals surface area contributed by atoms with Gasteiger partial charge in [0.2, 0.25) is 0 Å². The average molecular weight is 411 g/mol. The molecule has 1 aromatic heterocycles. The number of carbonyl (C=O) groups is 2. The van der Waals surface area contributed by atoms with Gasteiger partial charge in [0, 0.05) is 11.6 Å². The summed E-state index contributed by atoms with van der Waals surface area (Å²) in [5, 5.41) is 19.5. The summed E-state index contributed by atoms with van der Waals surface area (Å²) < 4.78 is 35.0. The number of pyridine rings is 1. The van der Waals surface area contributed by atoms with E-state index in [-0.39, 0.29) is 22.6 Å². The third kappa shape index (κ3) is 5.31. The Kier molecular flexibility index (Phi) is 6.92. The number of carboxylic acid groups (broad SMARTS) is 1. The van der Waals surface area contributed by atoms with Gasteiger partial charge in [-0.25, -0.2) is 0 Å². The lowest BCUT2D eigenvalue weighted by atomic mass is 9.88. The molecule has 0 saturated carbocycles. The van der Waals surface area contributed by atoms with Crippen LogP contribution >= 0.6 is 0 Å². The van der Waals surface area contributed by atoms with Gasteiger partial charge in [-0.3, -0.25) is 14.4 Å². The summed E-state index contributed by atoms with van der Waals surface area (Å²) in [5.74, 6) is -3.74. The number of methoxy groups -OCH3 is 1. The van der Waals surface area contributed by atoms with Crippen molar-refractivity contribution in [1.29, 1.82) is 0 Å². The lowest BCUT2D eigenvalue weighted by Crippen LogP contribution is -2.30. The molecule has 0 aliphatic carbocycles. The van der Waals surface area contributed by atoms with Gasteiger partial charge in [0.15, 0.2) is 0 Å². The van der Waals surface area contributed by atoms with E-state index in [2.05, 4.69) is 9.47 Å². The summed E-state index contributed by atoms with van der Waals surface area (Å²) in [4.78, 5) is 36.0. The molecule has 10 heteroatoms. The highest BCUT2D eigenvalue weighted by atomic mass is 19.3. The predicted octanol–water partition coefficient (Wildman–Crippen LogP) is 2.24. The van der Waals surface area contributed by atoms with Crippen LogP contribution in [-0.2, 0) is 20.9 Å². The van der Waals surface area contributed by atoms with E-state index >= 15 is 0 Å². The van der Waals surface area contributed by atoms with Gasteiger partial charge in [0.1, 0.15) is 18.0 Å². The van der Waals surface area contributed by atoms with E-state index in [4.69, 9.17) is 5.11 Å². The maximum atomic E-state index is 12.9. The van der Waals surface area contributed by atoms with E-state index in [0.29, 0.717) is 0 Å². The van der Waals surface area contributed by atoms with Crippen molar-refractivity contribution in [3.05, 3.63) is 57.5 Å². The number of aryl methyl sites for hydroxylation is 1.